The molecule has 0 saturated carbocycles. The molecule has 0 aliphatic carbocycles. The number of carbonyl (C=O) groups is 2. The maximum absolute atomic E-state index is 11.8. The molecular formula is C10H18N2O3. The van der Waals surface area contributed by atoms with Crippen molar-refractivity contribution in [3.63, 3.8) is 0 Å². The molecule has 0 aromatic rings. The van der Waals surface area contributed by atoms with Crippen LogP contribution in [-0.2, 0) is 9.59 Å². The predicted octanol–water partition coefficient (Wildman–Crippen LogP) is -0.600. The van der Waals surface area contributed by atoms with Crippen molar-refractivity contribution in [1.29, 1.82) is 0 Å². The number of aliphatic hydroxyl groups is 1. The zero-order chi connectivity index (χ0) is 11.5. The highest BCUT2D eigenvalue weighted by molar-refractivity contribution is 5.92. The van der Waals surface area contributed by atoms with E-state index in [1.165, 1.54) is 0 Å². The fourth-order valence-electron chi connectivity index (χ4n) is 1.57. The fourth-order valence-corrected chi connectivity index (χ4v) is 1.57. The highest BCUT2D eigenvalue weighted by atomic mass is 16.3. The van der Waals surface area contributed by atoms with Crippen LogP contribution < -0.4 is 10.6 Å². The normalized spacial score (nSPS) is 27.3. The SMILES string of the molecule is CCC(CO)NC(=O)C1(C)CNC(=O)C1. The average molecular weight is 214 g/mol. The Hall–Kier alpha value is -1.10. The van der Waals surface area contributed by atoms with E-state index in [4.69, 9.17) is 5.11 Å². The van der Waals surface area contributed by atoms with Crippen LogP contribution in [0.25, 0.3) is 0 Å². The zero-order valence-corrected chi connectivity index (χ0v) is 9.17. The van der Waals surface area contributed by atoms with Crippen LogP contribution in [0.3, 0.4) is 0 Å². The zero-order valence-electron chi connectivity index (χ0n) is 9.17. The molecule has 0 spiro atoms. The second-order valence-corrected chi connectivity index (χ2v) is 4.28. The van der Waals surface area contributed by atoms with Gasteiger partial charge >= 0.3 is 0 Å². The molecule has 15 heavy (non-hydrogen) atoms. The monoisotopic (exact) mass is 214 g/mol. The molecule has 5 nitrogen and oxygen atoms in total. The molecule has 1 heterocycles. The molecule has 2 unspecified atom stereocenters. The van der Waals surface area contributed by atoms with E-state index in [1.807, 2.05) is 6.92 Å². The molecule has 1 aliphatic rings. The summed E-state index contributed by atoms with van der Waals surface area (Å²) in [6.07, 6.45) is 0.903. The number of rotatable bonds is 4. The first kappa shape index (κ1) is 12.0. The second kappa shape index (κ2) is 4.61. The topological polar surface area (TPSA) is 78.4 Å². The Balaban J connectivity index is 2.56. The lowest BCUT2D eigenvalue weighted by atomic mass is 9.88. The summed E-state index contributed by atoms with van der Waals surface area (Å²) in [4.78, 5) is 22.9. The minimum atomic E-state index is -0.667. The molecule has 0 aromatic carbocycles. The summed E-state index contributed by atoms with van der Waals surface area (Å²) in [6.45, 7) is 3.95. The van der Waals surface area contributed by atoms with Crippen LogP contribution in [0, 0.1) is 5.41 Å². The van der Waals surface area contributed by atoms with E-state index < -0.39 is 5.41 Å². The first-order valence-corrected chi connectivity index (χ1v) is 5.20. The number of amides is 2. The molecule has 1 fully saturated rings. The van der Waals surface area contributed by atoms with Gasteiger partial charge in [-0.2, -0.15) is 0 Å². The Labute approximate surface area is 89.2 Å². The maximum atomic E-state index is 11.8. The molecule has 1 rings (SSSR count). The lowest BCUT2D eigenvalue weighted by Gasteiger charge is -2.23. The lowest BCUT2D eigenvalue weighted by Crippen LogP contribution is -2.46. The predicted molar refractivity (Wildman–Crippen MR) is 55.0 cm³/mol. The Bertz CT molecular complexity index is 263. The van der Waals surface area contributed by atoms with E-state index in [0.29, 0.717) is 13.0 Å². The molecule has 0 radical (unpaired) electrons. The van der Waals surface area contributed by atoms with Crippen molar-refractivity contribution < 1.29 is 14.7 Å². The standard InChI is InChI=1S/C10H18N2O3/c1-3-7(5-13)12-9(15)10(2)4-8(14)11-6-10/h7,13H,3-6H2,1-2H3,(H,11,14)(H,12,15). The van der Waals surface area contributed by atoms with Crippen molar-refractivity contribution in [2.24, 2.45) is 5.41 Å². The molecule has 0 aromatic heterocycles. The summed E-state index contributed by atoms with van der Waals surface area (Å²) in [5, 5.41) is 14.3. The number of nitrogens with one attached hydrogen (secondary N) is 2. The largest absolute Gasteiger partial charge is 0.394 e. The van der Waals surface area contributed by atoms with E-state index in [-0.39, 0.29) is 30.9 Å². The van der Waals surface area contributed by atoms with Gasteiger partial charge in [0.15, 0.2) is 0 Å². The van der Waals surface area contributed by atoms with Gasteiger partial charge in [0.1, 0.15) is 0 Å². The van der Waals surface area contributed by atoms with E-state index in [1.54, 1.807) is 6.92 Å². The van der Waals surface area contributed by atoms with Crippen LogP contribution in [0.1, 0.15) is 26.7 Å². The third kappa shape index (κ3) is 2.68. The van der Waals surface area contributed by atoms with Gasteiger partial charge in [-0.15, -0.1) is 0 Å². The first-order valence-electron chi connectivity index (χ1n) is 5.20. The number of aliphatic hydroxyl groups excluding tert-OH is 1. The Morgan fingerprint density at radius 3 is 2.80 bits per heavy atom. The van der Waals surface area contributed by atoms with E-state index >= 15 is 0 Å². The van der Waals surface area contributed by atoms with Crippen LogP contribution in [0.5, 0.6) is 0 Å². The number of hydrogen-bond acceptors (Lipinski definition) is 3. The van der Waals surface area contributed by atoms with Crippen LogP contribution in [0.2, 0.25) is 0 Å². The van der Waals surface area contributed by atoms with E-state index in [2.05, 4.69) is 10.6 Å². The molecule has 2 amide bonds. The van der Waals surface area contributed by atoms with Crippen LogP contribution in [0.4, 0.5) is 0 Å². The van der Waals surface area contributed by atoms with Crippen LogP contribution in [-0.4, -0.2) is 36.1 Å². The van der Waals surface area contributed by atoms with Crippen LogP contribution in [0.15, 0.2) is 0 Å². The van der Waals surface area contributed by atoms with E-state index in [0.717, 1.165) is 0 Å². The molecule has 0 bridgehead atoms. The molecule has 1 saturated heterocycles. The van der Waals surface area contributed by atoms with Crippen LogP contribution >= 0.6 is 0 Å². The quantitative estimate of drug-likeness (QED) is 0.584. The fraction of sp³-hybridized carbons (Fsp3) is 0.800. The lowest BCUT2D eigenvalue weighted by molar-refractivity contribution is -0.132. The van der Waals surface area contributed by atoms with Gasteiger partial charge in [0.25, 0.3) is 0 Å². The third-order valence-corrected chi connectivity index (χ3v) is 2.82. The van der Waals surface area contributed by atoms with Gasteiger partial charge < -0.3 is 15.7 Å². The third-order valence-electron chi connectivity index (χ3n) is 2.82. The number of hydrogen-bond donors (Lipinski definition) is 3. The van der Waals surface area contributed by atoms with Gasteiger partial charge in [-0.3, -0.25) is 9.59 Å². The smallest absolute Gasteiger partial charge is 0.228 e. The Morgan fingerprint density at radius 2 is 2.40 bits per heavy atom. The van der Waals surface area contributed by atoms with Crippen molar-refractivity contribution in [1.82, 2.24) is 10.6 Å². The van der Waals surface area contributed by atoms with Crippen molar-refractivity contribution in [3.05, 3.63) is 0 Å². The molecule has 1 aliphatic heterocycles. The van der Waals surface area contributed by atoms with Gasteiger partial charge in [-0.25, -0.2) is 0 Å². The average Bonchev–Trinajstić information content (AvgIpc) is 2.56. The molecule has 86 valence electrons. The van der Waals surface area contributed by atoms with Crippen molar-refractivity contribution in [2.45, 2.75) is 32.7 Å². The Kier molecular flexibility index (Phi) is 3.68. The van der Waals surface area contributed by atoms with Gasteiger partial charge in [0.2, 0.25) is 11.8 Å². The molecule has 2 atom stereocenters. The summed E-state index contributed by atoms with van der Waals surface area (Å²) in [6, 6.07) is -0.218. The highest BCUT2D eigenvalue weighted by Crippen LogP contribution is 2.25. The molecule has 5 heteroatoms. The summed E-state index contributed by atoms with van der Waals surface area (Å²) in [5.74, 6) is -0.258. The minimum Gasteiger partial charge on any atom is -0.394 e. The highest BCUT2D eigenvalue weighted by Gasteiger charge is 2.41. The summed E-state index contributed by atoms with van der Waals surface area (Å²) in [5.41, 5.74) is -0.667. The van der Waals surface area contributed by atoms with Crippen molar-refractivity contribution in [2.75, 3.05) is 13.2 Å². The van der Waals surface area contributed by atoms with Gasteiger partial charge in [-0.05, 0) is 13.3 Å². The molecular weight excluding hydrogens is 196 g/mol. The maximum Gasteiger partial charge on any atom is 0.228 e. The minimum absolute atomic E-state index is 0.0697. The Morgan fingerprint density at radius 1 is 1.73 bits per heavy atom. The van der Waals surface area contributed by atoms with Gasteiger partial charge in [-0.1, -0.05) is 6.92 Å². The van der Waals surface area contributed by atoms with Gasteiger partial charge in [0, 0.05) is 13.0 Å². The summed E-state index contributed by atoms with van der Waals surface area (Å²) >= 11 is 0. The second-order valence-electron chi connectivity index (χ2n) is 4.28. The van der Waals surface area contributed by atoms with Gasteiger partial charge in [0.05, 0.1) is 18.1 Å². The summed E-state index contributed by atoms with van der Waals surface area (Å²) < 4.78 is 0. The van der Waals surface area contributed by atoms with Crippen molar-refractivity contribution in [3.8, 4) is 0 Å². The van der Waals surface area contributed by atoms with Crippen molar-refractivity contribution >= 4 is 11.8 Å². The molecule has 3 N–H and O–H groups in total. The van der Waals surface area contributed by atoms with E-state index in [9.17, 15) is 9.59 Å². The first-order chi connectivity index (χ1) is 7.01. The number of carbonyl (C=O) groups excluding carboxylic acids is 2. The summed E-state index contributed by atoms with van der Waals surface area (Å²) in [7, 11) is 0.